The minimum atomic E-state index is -0.990. The minimum absolute atomic E-state index is 0.116. The lowest BCUT2D eigenvalue weighted by Gasteiger charge is -2.12. The van der Waals surface area contributed by atoms with Crippen LogP contribution in [-0.2, 0) is 4.79 Å². The van der Waals surface area contributed by atoms with E-state index in [1.165, 1.54) is 23.9 Å². The molecule has 6 nitrogen and oxygen atoms in total. The Hall–Kier alpha value is -1.60. The van der Waals surface area contributed by atoms with Crippen molar-refractivity contribution in [3.63, 3.8) is 0 Å². The summed E-state index contributed by atoms with van der Waals surface area (Å²) < 4.78 is 7.54. The molecule has 29 heavy (non-hydrogen) atoms. The van der Waals surface area contributed by atoms with Gasteiger partial charge in [0.1, 0.15) is 5.75 Å². The quantitative estimate of drug-likeness (QED) is 0.361. The lowest BCUT2D eigenvalue weighted by molar-refractivity contribution is -0.122. The van der Waals surface area contributed by atoms with Gasteiger partial charge >= 0.3 is 5.97 Å². The van der Waals surface area contributed by atoms with E-state index >= 15 is 0 Å². The van der Waals surface area contributed by atoms with E-state index in [4.69, 9.17) is 9.84 Å². The number of nitrogens with zero attached hydrogens (tertiary/aromatic N) is 2. The molecule has 150 valence electrons. The maximum absolute atomic E-state index is 12.9. The molecular weight excluding hydrogens is 618 g/mol. The highest BCUT2D eigenvalue weighted by Gasteiger charge is 2.32. The van der Waals surface area contributed by atoms with Gasteiger partial charge in [0.15, 0.2) is 5.17 Å². The van der Waals surface area contributed by atoms with Crippen LogP contribution < -0.4 is 4.74 Å². The van der Waals surface area contributed by atoms with Crippen LogP contribution in [0.25, 0.3) is 6.08 Å². The first-order valence-electron chi connectivity index (χ1n) is 8.50. The van der Waals surface area contributed by atoms with Crippen LogP contribution in [0.5, 0.6) is 5.75 Å². The highest BCUT2D eigenvalue weighted by molar-refractivity contribution is 14.1. The molecule has 0 unspecified atom stereocenters. The normalized spacial score (nSPS) is 16.7. The minimum Gasteiger partial charge on any atom is -0.495 e. The van der Waals surface area contributed by atoms with E-state index in [-0.39, 0.29) is 11.5 Å². The Bertz CT molecular complexity index is 1040. The summed E-state index contributed by atoms with van der Waals surface area (Å²) in [6.45, 7) is 2.37. The third-order valence-electron chi connectivity index (χ3n) is 4.07. The Kier molecular flexibility index (Phi) is 7.22. The number of halogens is 2. The van der Waals surface area contributed by atoms with Gasteiger partial charge in [-0.2, -0.15) is 0 Å². The predicted molar refractivity (Wildman–Crippen MR) is 132 cm³/mol. The van der Waals surface area contributed by atoms with Crippen LogP contribution in [0, 0.1) is 7.14 Å². The Labute approximate surface area is 199 Å². The summed E-state index contributed by atoms with van der Waals surface area (Å²) in [6.07, 6.45) is 1.83. The number of methoxy groups -OCH3 is 1. The molecule has 0 atom stereocenters. The number of benzene rings is 2. The van der Waals surface area contributed by atoms with Gasteiger partial charge < -0.3 is 9.84 Å². The molecule has 0 aliphatic carbocycles. The topological polar surface area (TPSA) is 79.2 Å². The average Bonchev–Trinajstić information content (AvgIpc) is 2.96. The van der Waals surface area contributed by atoms with E-state index in [2.05, 4.69) is 50.2 Å². The number of rotatable bonds is 5. The number of aliphatic imine (C=N–C) groups is 1. The van der Waals surface area contributed by atoms with Crippen LogP contribution in [0.2, 0.25) is 0 Å². The van der Waals surface area contributed by atoms with Crippen molar-refractivity contribution in [1.82, 2.24) is 4.90 Å². The number of hydrogen-bond acceptors (Lipinski definition) is 5. The molecule has 2 aromatic rings. The van der Waals surface area contributed by atoms with Gasteiger partial charge in [0.25, 0.3) is 5.91 Å². The Morgan fingerprint density at radius 3 is 2.55 bits per heavy atom. The summed E-state index contributed by atoms with van der Waals surface area (Å²) in [6, 6.07) is 10.2. The third-order valence-corrected chi connectivity index (χ3v) is 6.50. The molecule has 1 aliphatic heterocycles. The van der Waals surface area contributed by atoms with Crippen LogP contribution in [-0.4, -0.2) is 40.7 Å². The molecule has 2 aromatic carbocycles. The molecule has 1 saturated heterocycles. The SMILES string of the molecule is CCN1C(=O)/C(=C/c2cc(I)cc(I)c2OC)SC1=Nc1ccc(C(=O)O)cc1. The van der Waals surface area contributed by atoms with E-state index in [0.717, 1.165) is 18.5 Å². The Morgan fingerprint density at radius 1 is 1.28 bits per heavy atom. The highest BCUT2D eigenvalue weighted by Crippen LogP contribution is 2.37. The molecule has 0 spiro atoms. The third kappa shape index (κ3) is 4.94. The highest BCUT2D eigenvalue weighted by atomic mass is 127. The van der Waals surface area contributed by atoms with Crippen molar-refractivity contribution in [2.75, 3.05) is 13.7 Å². The van der Waals surface area contributed by atoms with Crippen molar-refractivity contribution < 1.29 is 19.4 Å². The number of carbonyl (C=O) groups excluding carboxylic acids is 1. The molecule has 0 bridgehead atoms. The zero-order valence-corrected chi connectivity index (χ0v) is 20.6. The second-order valence-corrected chi connectivity index (χ2v) is 9.33. The summed E-state index contributed by atoms with van der Waals surface area (Å²) in [5.41, 5.74) is 1.62. The van der Waals surface area contributed by atoms with Crippen molar-refractivity contribution in [2.24, 2.45) is 4.99 Å². The smallest absolute Gasteiger partial charge is 0.335 e. The van der Waals surface area contributed by atoms with Crippen molar-refractivity contribution in [2.45, 2.75) is 6.92 Å². The molecule has 9 heteroatoms. The number of amides is 1. The number of thioether (sulfide) groups is 1. The molecule has 1 amide bonds. The monoisotopic (exact) mass is 634 g/mol. The van der Waals surface area contributed by atoms with Gasteiger partial charge in [-0.25, -0.2) is 9.79 Å². The van der Waals surface area contributed by atoms with Gasteiger partial charge in [-0.1, -0.05) is 0 Å². The number of aromatic carboxylic acids is 1. The van der Waals surface area contributed by atoms with Crippen LogP contribution in [0.3, 0.4) is 0 Å². The number of hydrogen-bond donors (Lipinski definition) is 1. The van der Waals surface area contributed by atoms with Crippen LogP contribution in [0.1, 0.15) is 22.8 Å². The van der Waals surface area contributed by atoms with E-state index in [9.17, 15) is 9.59 Å². The summed E-state index contributed by atoms with van der Waals surface area (Å²) in [5.74, 6) is -0.380. The van der Waals surface area contributed by atoms with Gasteiger partial charge in [0.05, 0.1) is 26.8 Å². The lowest BCUT2D eigenvalue weighted by Crippen LogP contribution is -2.28. The number of amidine groups is 1. The standard InChI is InChI=1S/C20H16I2N2O4S/c1-3-24-18(25)16(9-12-8-13(21)10-15(22)17(12)28-2)29-20(24)23-14-6-4-11(5-7-14)19(26)27/h4-10H,3H2,1-2H3,(H,26,27)/b16-9-,23-20?. The fourth-order valence-electron chi connectivity index (χ4n) is 2.70. The average molecular weight is 634 g/mol. The first-order chi connectivity index (χ1) is 13.8. The molecular formula is C20H16I2N2O4S. The van der Waals surface area contributed by atoms with Gasteiger partial charge in [0, 0.05) is 15.7 Å². The van der Waals surface area contributed by atoms with Gasteiger partial charge in [-0.15, -0.1) is 0 Å². The maximum atomic E-state index is 12.9. The van der Waals surface area contributed by atoms with E-state index < -0.39 is 5.97 Å². The van der Waals surface area contributed by atoms with E-state index in [0.29, 0.717) is 22.3 Å². The zero-order chi connectivity index (χ0) is 21.1. The first kappa shape index (κ1) is 22.1. The summed E-state index contributed by atoms with van der Waals surface area (Å²) in [7, 11) is 1.61. The largest absolute Gasteiger partial charge is 0.495 e. The molecule has 0 radical (unpaired) electrons. The van der Waals surface area contributed by atoms with Crippen LogP contribution in [0.4, 0.5) is 5.69 Å². The van der Waals surface area contributed by atoms with Crippen molar-refractivity contribution in [1.29, 1.82) is 0 Å². The molecule has 3 rings (SSSR count). The van der Waals surface area contributed by atoms with Crippen LogP contribution >= 0.6 is 56.9 Å². The van der Waals surface area contributed by atoms with Gasteiger partial charge in [-0.05, 0) is 106 Å². The Balaban J connectivity index is 1.97. The van der Waals surface area contributed by atoms with Crippen molar-refractivity contribution in [3.8, 4) is 5.75 Å². The number of carbonyl (C=O) groups is 2. The number of carboxylic acids is 1. The van der Waals surface area contributed by atoms with E-state index in [1.54, 1.807) is 24.1 Å². The number of carboxylic acid groups (broad SMARTS) is 1. The van der Waals surface area contributed by atoms with Crippen molar-refractivity contribution >= 4 is 85.8 Å². The summed E-state index contributed by atoms with van der Waals surface area (Å²) in [4.78, 5) is 30.6. The molecule has 1 N–H and O–H groups in total. The fourth-order valence-corrected chi connectivity index (χ4v) is 5.87. The lowest BCUT2D eigenvalue weighted by atomic mass is 10.2. The fraction of sp³-hybridized carbons (Fsp3) is 0.150. The maximum Gasteiger partial charge on any atom is 0.335 e. The molecule has 0 aromatic heterocycles. The second-order valence-electron chi connectivity index (χ2n) is 5.92. The number of ether oxygens (including phenoxy) is 1. The van der Waals surface area contributed by atoms with Crippen LogP contribution in [0.15, 0.2) is 46.3 Å². The zero-order valence-electron chi connectivity index (χ0n) is 15.5. The summed E-state index contributed by atoms with van der Waals surface area (Å²) >= 11 is 5.74. The number of likely N-dealkylation sites (N-methyl/N-ethyl adjacent to an activating group) is 1. The predicted octanol–water partition coefficient (Wildman–Crippen LogP) is 5.23. The van der Waals surface area contributed by atoms with Crippen molar-refractivity contribution in [3.05, 3.63) is 59.6 Å². The second kappa shape index (κ2) is 9.47. The Morgan fingerprint density at radius 2 is 1.97 bits per heavy atom. The molecule has 1 aliphatic rings. The molecule has 0 saturated carbocycles. The van der Waals surface area contributed by atoms with Gasteiger partial charge in [-0.3, -0.25) is 9.69 Å². The molecule has 1 heterocycles. The van der Waals surface area contributed by atoms with Gasteiger partial charge in [0.2, 0.25) is 0 Å². The summed E-state index contributed by atoms with van der Waals surface area (Å²) in [5, 5.41) is 9.58. The molecule has 1 fully saturated rings. The first-order valence-corrected chi connectivity index (χ1v) is 11.5. The van der Waals surface area contributed by atoms with E-state index in [1.807, 2.05) is 25.1 Å².